The molecule has 10 rings (SSSR count). The molecule has 548 valence electrons. The van der Waals surface area contributed by atoms with Gasteiger partial charge in [0.1, 0.15) is 22.8 Å². The number of aryl methyl sites for hydroxylation is 1. The predicted molar refractivity (Wildman–Crippen MR) is 394 cm³/mol. The molecule has 1 aliphatic carbocycles. The van der Waals surface area contributed by atoms with Gasteiger partial charge in [-0.15, -0.1) is 23.1 Å². The first-order valence-corrected chi connectivity index (χ1v) is 39.8. The Kier molecular flexibility index (Phi) is 25.0. The second-order valence-electron chi connectivity index (χ2n) is 29.0. The number of thioether (sulfide) groups is 1. The van der Waals surface area contributed by atoms with Crippen LogP contribution in [0.25, 0.3) is 16.0 Å². The van der Waals surface area contributed by atoms with Crippen LogP contribution >= 0.6 is 34.7 Å². The lowest BCUT2D eigenvalue weighted by molar-refractivity contribution is -0.144. The summed E-state index contributed by atoms with van der Waals surface area (Å²) in [4.78, 5) is 81.3. The van der Waals surface area contributed by atoms with E-state index in [0.29, 0.717) is 56.7 Å². The van der Waals surface area contributed by atoms with Crippen LogP contribution < -0.4 is 25.6 Å². The van der Waals surface area contributed by atoms with Gasteiger partial charge < -0.3 is 35.8 Å². The van der Waals surface area contributed by atoms with Crippen molar-refractivity contribution in [3.63, 3.8) is 0 Å². The first-order chi connectivity index (χ1) is 48.2. The summed E-state index contributed by atoms with van der Waals surface area (Å²) in [5.74, 6) is -2.87. The van der Waals surface area contributed by atoms with Crippen molar-refractivity contribution in [3.8, 4) is 10.4 Å². The van der Waals surface area contributed by atoms with Gasteiger partial charge in [0.25, 0.3) is 25.8 Å². The Morgan fingerprint density at radius 3 is 2.12 bits per heavy atom. The largest absolute Gasteiger partial charge is 0.501 e. The smallest absolute Gasteiger partial charge is 0.391 e. The number of alkyl halides is 3. The Morgan fingerprint density at radius 2 is 1.48 bits per heavy atom. The Bertz CT molecular complexity index is 4240. The van der Waals surface area contributed by atoms with Gasteiger partial charge in [-0.05, 0) is 165 Å². The van der Waals surface area contributed by atoms with Crippen molar-refractivity contribution in [2.24, 2.45) is 16.7 Å². The van der Waals surface area contributed by atoms with E-state index in [2.05, 4.69) is 61.6 Å². The summed E-state index contributed by atoms with van der Waals surface area (Å²) in [6.45, 7) is 18.7. The first-order valence-electron chi connectivity index (χ1n) is 34.6. The number of amides is 4. The number of nitrogens with zero attached hydrogens (tertiary/aromatic N) is 5. The number of piperidine rings is 1. The Hall–Kier alpha value is -7.17. The lowest BCUT2D eigenvalue weighted by atomic mass is 9.73. The maximum atomic E-state index is 14.6. The van der Waals surface area contributed by atoms with Gasteiger partial charge in [0.2, 0.25) is 17.7 Å². The number of piperazine rings is 1. The number of aromatic nitrogens is 1. The number of carbonyl (C=O) groups excluding carboxylic acids is 5. The number of aliphatic hydroxyl groups is 1. The van der Waals surface area contributed by atoms with Crippen molar-refractivity contribution in [2.75, 3.05) is 74.9 Å². The quantitative estimate of drug-likeness (QED) is 0.0317. The number of rotatable bonds is 26. The molecule has 0 spiro atoms. The number of β-amino-alcohol motifs (C(OH)–C–C–N with tert-alkyl or cyclic N) is 1. The average Bonchev–Trinajstić information content (AvgIpc) is 0.912. The van der Waals surface area contributed by atoms with E-state index in [1.165, 1.54) is 56.8 Å². The normalized spacial score (nSPS) is 19.1. The van der Waals surface area contributed by atoms with E-state index in [4.69, 9.17) is 11.6 Å². The third-order valence-corrected chi connectivity index (χ3v) is 25.0. The molecular formula is C75H91ClF3N9O10S4. The number of sulfonamides is 1. The molecule has 0 radical (unpaired) electrons. The molecule has 0 saturated carbocycles. The van der Waals surface area contributed by atoms with E-state index in [1.54, 1.807) is 38.4 Å². The summed E-state index contributed by atoms with van der Waals surface area (Å²) in [7, 11) is -11.2. The molecule has 4 heterocycles. The van der Waals surface area contributed by atoms with Crippen LogP contribution in [0.2, 0.25) is 5.02 Å². The van der Waals surface area contributed by atoms with Crippen molar-refractivity contribution >= 4 is 101 Å². The van der Waals surface area contributed by atoms with E-state index in [9.17, 15) is 59.1 Å². The van der Waals surface area contributed by atoms with Crippen LogP contribution in [0.1, 0.15) is 133 Å². The average molecular weight is 1500 g/mol. The number of hydrogen-bond donors (Lipinski definition) is 5. The highest BCUT2D eigenvalue weighted by atomic mass is 35.5. The number of halogens is 4. The molecule has 5 N–H and O–H groups in total. The molecule has 6 aromatic rings. The molecule has 1 aromatic heterocycles. The molecule has 27 heteroatoms. The maximum absolute atomic E-state index is 14.6. The number of Topliss-reactive ketones (excluding diaryl/α,β-unsaturated/α-hetero) is 1. The molecule has 3 aliphatic heterocycles. The van der Waals surface area contributed by atoms with Crippen LogP contribution in [-0.4, -0.2) is 165 Å². The maximum Gasteiger partial charge on any atom is 0.501 e. The number of aliphatic hydroxyl groups excluding tert-OH is 1. The van der Waals surface area contributed by atoms with Crippen LogP contribution in [0.5, 0.6) is 0 Å². The molecule has 0 unspecified atom stereocenters. The third-order valence-electron chi connectivity index (χ3n) is 19.8. The minimum Gasteiger partial charge on any atom is -0.391 e. The Labute approximate surface area is 609 Å². The van der Waals surface area contributed by atoms with Crippen molar-refractivity contribution in [1.29, 1.82) is 0 Å². The van der Waals surface area contributed by atoms with Crippen LogP contribution in [-0.2, 0) is 39.0 Å². The summed E-state index contributed by atoms with van der Waals surface area (Å²) >= 11 is 9.14. The number of thiazole rings is 1. The fraction of sp³-hybridized carbons (Fsp3) is 0.467. The molecular weight excluding hydrogens is 1410 g/mol. The minimum atomic E-state index is -6.20. The highest BCUT2D eigenvalue weighted by molar-refractivity contribution is 7.99. The van der Waals surface area contributed by atoms with E-state index in [1.807, 2.05) is 85.3 Å². The molecule has 102 heavy (non-hydrogen) atoms. The van der Waals surface area contributed by atoms with E-state index >= 15 is 0 Å². The highest BCUT2D eigenvalue weighted by Gasteiger charge is 2.49. The molecule has 5 atom stereocenters. The second kappa shape index (κ2) is 32.9. The number of anilines is 2. The van der Waals surface area contributed by atoms with Crippen LogP contribution in [0, 0.1) is 23.7 Å². The van der Waals surface area contributed by atoms with Gasteiger partial charge in [0.05, 0.1) is 38.8 Å². The van der Waals surface area contributed by atoms with Crippen LogP contribution in [0.15, 0.2) is 147 Å². The summed E-state index contributed by atoms with van der Waals surface area (Å²) in [5, 5.41) is 20.3. The molecule has 4 amide bonds. The van der Waals surface area contributed by atoms with E-state index in [-0.39, 0.29) is 54.7 Å². The number of benzene rings is 5. The fourth-order valence-corrected chi connectivity index (χ4v) is 17.8. The van der Waals surface area contributed by atoms with Crippen LogP contribution in [0.4, 0.5) is 24.5 Å². The number of allylic oxidation sites excluding steroid dienone is 1. The summed E-state index contributed by atoms with van der Waals surface area (Å²) in [6, 6.07) is 30.4. The summed E-state index contributed by atoms with van der Waals surface area (Å²) in [5.41, 5.74) is 2.32. The number of ketones is 1. The van der Waals surface area contributed by atoms with Gasteiger partial charge in [0.15, 0.2) is 0 Å². The van der Waals surface area contributed by atoms with Crippen molar-refractivity contribution in [3.05, 3.63) is 160 Å². The van der Waals surface area contributed by atoms with Gasteiger partial charge in [-0.25, -0.2) is 26.5 Å². The lowest BCUT2D eigenvalue weighted by Gasteiger charge is -2.39. The van der Waals surface area contributed by atoms with Crippen molar-refractivity contribution in [2.45, 2.75) is 157 Å². The minimum absolute atomic E-state index is 0.00931. The fourth-order valence-electron chi connectivity index (χ4n) is 13.8. The SMILES string of the molecule is Cc1ncsc1-c1ccc([C@H](C)NC(=O)[C@@H]2C[C@@H](O)CN2C(=O)[C@@H](NC(=O)CCC(=O)C2CCN(CC[C@H](CSc3ccccc3)Nc3ccc(S(=O)(=O)NC(=O)c4ccc(N5CCN(CC6=C(c7ccc(Cl)cc7)CCC(C)(C)C6)CC5)cc4)cc3S(=O)(=O)C(F)(F)F)CC2)C(C)(C)C)cc1. The number of likely N-dealkylation sites (tertiary alicyclic amines) is 2. The Morgan fingerprint density at radius 1 is 0.814 bits per heavy atom. The topological polar surface area (TPSA) is 248 Å². The standard InChI is InChI=1S/C75H91ClF3N9O10S4/c1-48(50-13-15-53(16-14-50)68-49(2)80-47-100-68)81-71(93)64-41-59(89)45-88(64)72(94)69(73(3,4)5)83-67(91)28-27-65(90)52-30-34-85(35-31-52)36-32-57(46-99-60-11-9-8-10-12-60)82-63-26-25-61(42-66(63)101(95,96)75(77,78)79)102(97,98)84-70(92)54-19-23-58(24-20-54)87-39-37-86(38-40-87)44-55-43-74(6,7)33-29-62(55)51-17-21-56(76)22-18-51/h8-26,42,47-48,52,57,59,64,69,82,89H,27-41,43-46H2,1-7H3,(H,81,93)(H,83,91)(H,84,92)/t48-,57+,59+,64-,69+/m0/s1. The predicted octanol–water partition coefficient (Wildman–Crippen LogP) is 12.4. The van der Waals surface area contributed by atoms with E-state index < -0.39 is 106 Å². The highest BCUT2D eigenvalue weighted by Crippen LogP contribution is 2.44. The summed E-state index contributed by atoms with van der Waals surface area (Å²) < 4.78 is 100. The van der Waals surface area contributed by atoms with Gasteiger partial charge in [-0.3, -0.25) is 28.9 Å². The number of hydrogen-bond acceptors (Lipinski definition) is 17. The molecule has 5 aromatic carbocycles. The summed E-state index contributed by atoms with van der Waals surface area (Å²) in [6.07, 6.45) is 2.96. The van der Waals surface area contributed by atoms with Gasteiger partial charge in [0, 0.05) is 104 Å². The first kappa shape index (κ1) is 77.4. The van der Waals surface area contributed by atoms with Crippen molar-refractivity contribution in [1.82, 2.24) is 35.0 Å². The molecule has 3 saturated heterocycles. The van der Waals surface area contributed by atoms with Gasteiger partial charge >= 0.3 is 5.51 Å². The molecule has 4 aliphatic rings. The van der Waals surface area contributed by atoms with Crippen molar-refractivity contribution < 1.29 is 59.1 Å². The zero-order chi connectivity index (χ0) is 73.5. The lowest BCUT2D eigenvalue weighted by Crippen LogP contribution is -2.57. The van der Waals surface area contributed by atoms with E-state index in [0.717, 1.165) is 83.3 Å². The van der Waals surface area contributed by atoms with Crippen LogP contribution in [0.3, 0.4) is 0 Å². The number of nitrogens with one attached hydrogen (secondary N) is 4. The number of sulfone groups is 1. The second-order valence-corrected chi connectivity index (χ2v) is 35.0. The van der Waals surface area contributed by atoms with Gasteiger partial charge in [-0.2, -0.15) is 13.2 Å². The monoisotopic (exact) mass is 1500 g/mol. The molecule has 3 fully saturated rings. The zero-order valence-corrected chi connectivity index (χ0v) is 62.5. The van der Waals surface area contributed by atoms with Gasteiger partial charge in [-0.1, -0.05) is 106 Å². The molecule has 19 nitrogen and oxygen atoms in total. The third kappa shape index (κ3) is 19.6. The zero-order valence-electron chi connectivity index (χ0n) is 58.5. The number of carbonyl (C=O) groups is 5. The molecule has 0 bridgehead atoms. The Balaban J connectivity index is 0.725.